The van der Waals surface area contributed by atoms with Gasteiger partial charge in [0.25, 0.3) is 0 Å². The number of methoxy groups -OCH3 is 1. The number of fused-ring (bicyclic) bond motifs is 1. The molecular weight excluding hydrogens is 297 g/mol. The van der Waals surface area contributed by atoms with Gasteiger partial charge in [-0.05, 0) is 19.4 Å². The molecule has 6 heteroatoms. The zero-order valence-electron chi connectivity index (χ0n) is 11.9. The molecule has 0 aliphatic rings. The van der Waals surface area contributed by atoms with Crippen molar-refractivity contribution in [1.82, 2.24) is 14.5 Å². The molecular formula is C14H19Cl2N3O. The van der Waals surface area contributed by atoms with Crippen LogP contribution >= 0.6 is 23.2 Å². The molecule has 0 saturated heterocycles. The van der Waals surface area contributed by atoms with Crippen molar-refractivity contribution < 1.29 is 4.74 Å². The Morgan fingerprint density at radius 1 is 1.45 bits per heavy atom. The fourth-order valence-electron chi connectivity index (χ4n) is 2.43. The third-order valence-electron chi connectivity index (χ3n) is 3.23. The highest BCUT2D eigenvalue weighted by molar-refractivity contribution is 6.31. The first-order valence-electron chi connectivity index (χ1n) is 6.74. The Kier molecular flexibility index (Phi) is 5.24. The zero-order valence-corrected chi connectivity index (χ0v) is 13.4. The predicted octanol–water partition coefficient (Wildman–Crippen LogP) is 4.37. The summed E-state index contributed by atoms with van der Waals surface area (Å²) >= 11 is 12.3. The van der Waals surface area contributed by atoms with Crippen molar-refractivity contribution in [1.29, 1.82) is 0 Å². The van der Waals surface area contributed by atoms with E-state index in [2.05, 4.69) is 21.5 Å². The maximum absolute atomic E-state index is 6.28. The molecule has 0 aliphatic heterocycles. The van der Waals surface area contributed by atoms with E-state index in [9.17, 15) is 0 Å². The van der Waals surface area contributed by atoms with Gasteiger partial charge in [-0.2, -0.15) is 0 Å². The number of rotatable bonds is 6. The monoisotopic (exact) mass is 315 g/mol. The minimum Gasteiger partial charge on any atom is -0.383 e. The quantitative estimate of drug-likeness (QED) is 0.743. The maximum Gasteiger partial charge on any atom is 0.160 e. The van der Waals surface area contributed by atoms with E-state index in [1.54, 1.807) is 13.3 Å². The molecule has 4 nitrogen and oxygen atoms in total. The Balaban J connectivity index is 2.60. The van der Waals surface area contributed by atoms with Crippen LogP contribution < -0.4 is 0 Å². The molecule has 0 fully saturated rings. The maximum atomic E-state index is 6.28. The summed E-state index contributed by atoms with van der Waals surface area (Å²) in [6.07, 6.45) is 3.68. The van der Waals surface area contributed by atoms with Gasteiger partial charge in [0.15, 0.2) is 5.65 Å². The predicted molar refractivity (Wildman–Crippen MR) is 82.6 cm³/mol. The van der Waals surface area contributed by atoms with Crippen molar-refractivity contribution in [2.24, 2.45) is 0 Å². The van der Waals surface area contributed by atoms with Crippen LogP contribution in [0, 0.1) is 0 Å². The molecule has 2 aromatic rings. The van der Waals surface area contributed by atoms with Crippen LogP contribution in [-0.4, -0.2) is 28.3 Å². The lowest BCUT2D eigenvalue weighted by atomic mass is 10.1. The molecule has 0 radical (unpaired) electrons. The lowest BCUT2D eigenvalue weighted by Crippen LogP contribution is -2.18. The molecule has 0 spiro atoms. The minimum atomic E-state index is -0.195. The minimum absolute atomic E-state index is 0.180. The summed E-state index contributed by atoms with van der Waals surface area (Å²) in [5, 5.41) is 0.383. The van der Waals surface area contributed by atoms with Crippen LogP contribution in [0.1, 0.15) is 43.9 Å². The Bertz CT molecular complexity index is 577. The van der Waals surface area contributed by atoms with Gasteiger partial charge in [-0.15, -0.1) is 11.6 Å². The van der Waals surface area contributed by atoms with Crippen LogP contribution in [0.15, 0.2) is 12.3 Å². The lowest BCUT2D eigenvalue weighted by Gasteiger charge is -2.20. The number of pyridine rings is 1. The number of hydrogen-bond acceptors (Lipinski definition) is 3. The van der Waals surface area contributed by atoms with Crippen molar-refractivity contribution in [3.05, 3.63) is 23.1 Å². The number of imidazole rings is 1. The van der Waals surface area contributed by atoms with Gasteiger partial charge < -0.3 is 9.30 Å². The summed E-state index contributed by atoms with van der Waals surface area (Å²) in [6, 6.07) is 2.00. The number of nitrogens with zero attached hydrogens (tertiary/aromatic N) is 3. The normalized spacial score (nSPS) is 14.7. The summed E-state index contributed by atoms with van der Waals surface area (Å²) in [6.45, 7) is 4.67. The van der Waals surface area contributed by atoms with E-state index in [1.807, 2.05) is 13.0 Å². The van der Waals surface area contributed by atoms with E-state index in [0.717, 1.165) is 29.8 Å². The SMILES string of the molecule is CCCC(COC)n1c(C(C)Cl)nc2cc(Cl)cnc21. The Hall–Kier alpha value is -0.840. The molecule has 2 unspecified atom stereocenters. The standard InChI is InChI=1S/C14H19Cl2N3O/c1-4-5-11(8-20-3)19-13(9(2)15)18-12-6-10(16)7-17-14(12)19/h6-7,9,11H,4-5,8H2,1-3H3. The summed E-state index contributed by atoms with van der Waals surface area (Å²) in [5.41, 5.74) is 1.59. The van der Waals surface area contributed by atoms with Crippen LogP contribution in [0.3, 0.4) is 0 Å². The van der Waals surface area contributed by atoms with E-state index >= 15 is 0 Å². The second-order valence-electron chi connectivity index (χ2n) is 4.85. The molecule has 0 amide bonds. The first-order chi connectivity index (χ1) is 9.58. The molecule has 2 aromatic heterocycles. The van der Waals surface area contributed by atoms with Crippen molar-refractivity contribution in [2.75, 3.05) is 13.7 Å². The molecule has 2 atom stereocenters. The van der Waals surface area contributed by atoms with E-state index in [-0.39, 0.29) is 11.4 Å². The van der Waals surface area contributed by atoms with Crippen molar-refractivity contribution >= 4 is 34.4 Å². The Labute approximate surface area is 129 Å². The summed E-state index contributed by atoms with van der Waals surface area (Å²) in [4.78, 5) is 9.01. The Morgan fingerprint density at radius 3 is 2.80 bits per heavy atom. The van der Waals surface area contributed by atoms with E-state index < -0.39 is 0 Å². The summed E-state index contributed by atoms with van der Waals surface area (Å²) < 4.78 is 7.44. The second-order valence-corrected chi connectivity index (χ2v) is 5.94. The molecule has 0 saturated carbocycles. The van der Waals surface area contributed by atoms with E-state index in [0.29, 0.717) is 11.6 Å². The molecule has 0 aliphatic carbocycles. The van der Waals surface area contributed by atoms with Crippen LogP contribution in [-0.2, 0) is 4.74 Å². The van der Waals surface area contributed by atoms with Crippen LogP contribution in [0.25, 0.3) is 11.2 Å². The van der Waals surface area contributed by atoms with Gasteiger partial charge in [-0.25, -0.2) is 9.97 Å². The van der Waals surface area contributed by atoms with Crippen molar-refractivity contribution in [3.8, 4) is 0 Å². The number of ether oxygens (including phenoxy) is 1. The number of hydrogen-bond donors (Lipinski definition) is 0. The average Bonchev–Trinajstić information content (AvgIpc) is 2.77. The molecule has 0 N–H and O–H groups in total. The average molecular weight is 316 g/mol. The molecule has 20 heavy (non-hydrogen) atoms. The first-order valence-corrected chi connectivity index (χ1v) is 7.56. The fourth-order valence-corrected chi connectivity index (χ4v) is 2.73. The highest BCUT2D eigenvalue weighted by Gasteiger charge is 2.22. The highest BCUT2D eigenvalue weighted by Crippen LogP contribution is 2.30. The number of aromatic nitrogens is 3. The molecule has 0 aromatic carbocycles. The number of halogens is 2. The van der Waals surface area contributed by atoms with Gasteiger partial charge in [-0.3, -0.25) is 0 Å². The summed E-state index contributed by atoms with van der Waals surface area (Å²) in [5.74, 6) is 0.812. The topological polar surface area (TPSA) is 39.9 Å². The first kappa shape index (κ1) is 15.5. The van der Waals surface area contributed by atoms with E-state index in [4.69, 9.17) is 27.9 Å². The smallest absolute Gasteiger partial charge is 0.160 e. The largest absolute Gasteiger partial charge is 0.383 e. The lowest BCUT2D eigenvalue weighted by molar-refractivity contribution is 0.150. The van der Waals surface area contributed by atoms with Gasteiger partial charge in [0.2, 0.25) is 0 Å². The van der Waals surface area contributed by atoms with E-state index in [1.165, 1.54) is 0 Å². The van der Waals surface area contributed by atoms with Crippen LogP contribution in [0.4, 0.5) is 0 Å². The Morgan fingerprint density at radius 2 is 2.20 bits per heavy atom. The van der Waals surface area contributed by atoms with Crippen molar-refractivity contribution in [2.45, 2.75) is 38.1 Å². The number of alkyl halides is 1. The third-order valence-corrected chi connectivity index (χ3v) is 3.63. The van der Waals surface area contributed by atoms with Gasteiger partial charge in [-0.1, -0.05) is 24.9 Å². The van der Waals surface area contributed by atoms with Crippen LogP contribution in [0.2, 0.25) is 5.02 Å². The third kappa shape index (κ3) is 3.08. The van der Waals surface area contributed by atoms with Gasteiger partial charge in [0.05, 0.1) is 23.0 Å². The zero-order chi connectivity index (χ0) is 14.7. The summed E-state index contributed by atoms with van der Waals surface area (Å²) in [7, 11) is 1.70. The highest BCUT2D eigenvalue weighted by atomic mass is 35.5. The molecule has 110 valence electrons. The van der Waals surface area contributed by atoms with Gasteiger partial charge >= 0.3 is 0 Å². The molecule has 2 heterocycles. The second kappa shape index (κ2) is 6.74. The fraction of sp³-hybridized carbons (Fsp3) is 0.571. The van der Waals surface area contributed by atoms with Crippen LogP contribution in [0.5, 0.6) is 0 Å². The molecule has 0 bridgehead atoms. The van der Waals surface area contributed by atoms with Gasteiger partial charge in [0.1, 0.15) is 11.3 Å². The molecule has 2 rings (SSSR count). The van der Waals surface area contributed by atoms with Crippen molar-refractivity contribution in [3.63, 3.8) is 0 Å². The van der Waals surface area contributed by atoms with Gasteiger partial charge in [0, 0.05) is 13.3 Å².